The van der Waals surface area contributed by atoms with Crippen molar-refractivity contribution in [3.63, 3.8) is 0 Å². The molecule has 0 aromatic rings. The third-order valence-electron chi connectivity index (χ3n) is 1.44. The highest BCUT2D eigenvalue weighted by Crippen LogP contribution is 2.11. The maximum absolute atomic E-state index is 11.9. The number of nitrogens with one attached hydrogen (secondary N) is 1. The van der Waals surface area contributed by atoms with Crippen LogP contribution in [0, 0.1) is 5.92 Å². The first-order valence-electron chi connectivity index (χ1n) is 3.04. The lowest BCUT2D eigenvalue weighted by molar-refractivity contribution is -0.112. The Balaban J connectivity index is 3.87. The molecule has 0 aliphatic heterocycles. The second-order valence-electron chi connectivity index (χ2n) is 2.14. The summed E-state index contributed by atoms with van der Waals surface area (Å²) in [4.78, 5) is 10.1. The van der Waals surface area contributed by atoms with Crippen molar-refractivity contribution in [3.8, 4) is 0 Å². The van der Waals surface area contributed by atoms with Gasteiger partial charge in [0.1, 0.15) is 6.29 Å². The van der Waals surface area contributed by atoms with Crippen LogP contribution in [0.4, 0.5) is 8.78 Å². The van der Waals surface area contributed by atoms with Crippen LogP contribution < -0.4 is 5.32 Å². The number of likely N-dealkylation sites (N-methyl/N-ethyl adjacent to an activating group) is 1. The van der Waals surface area contributed by atoms with Crippen molar-refractivity contribution in [2.24, 2.45) is 5.92 Å². The van der Waals surface area contributed by atoms with Gasteiger partial charge in [0.05, 0.1) is 6.04 Å². The molecule has 4 heteroatoms. The van der Waals surface area contributed by atoms with Crippen molar-refractivity contribution in [2.75, 3.05) is 7.05 Å². The molecule has 0 radical (unpaired) electrons. The molecule has 10 heavy (non-hydrogen) atoms. The van der Waals surface area contributed by atoms with Crippen LogP contribution in [0.25, 0.3) is 0 Å². The fourth-order valence-electron chi connectivity index (χ4n) is 0.612. The van der Waals surface area contributed by atoms with Crippen LogP contribution in [-0.4, -0.2) is 25.8 Å². The molecule has 0 aromatic carbocycles. The van der Waals surface area contributed by atoms with E-state index in [1.807, 2.05) is 0 Å². The number of hydrogen-bond donors (Lipinski definition) is 1. The van der Waals surface area contributed by atoms with Crippen LogP contribution in [0.15, 0.2) is 0 Å². The fourth-order valence-corrected chi connectivity index (χ4v) is 0.612. The van der Waals surface area contributed by atoms with Gasteiger partial charge in [0.25, 0.3) is 0 Å². The van der Waals surface area contributed by atoms with Gasteiger partial charge in [0.2, 0.25) is 6.43 Å². The number of carbonyl (C=O) groups is 1. The van der Waals surface area contributed by atoms with Crippen LogP contribution in [0.3, 0.4) is 0 Å². The summed E-state index contributed by atoms with van der Waals surface area (Å²) in [5.74, 6) is -0.914. The molecule has 0 heterocycles. The molecule has 0 rings (SSSR count). The standard InChI is InChI=1S/C6H11F2NO/c1-4(6(7)8)5(3-10)9-2/h3-6,9H,1-2H3. The van der Waals surface area contributed by atoms with Crippen molar-refractivity contribution in [1.82, 2.24) is 5.32 Å². The van der Waals surface area contributed by atoms with Crippen LogP contribution >= 0.6 is 0 Å². The molecule has 0 amide bonds. The molecule has 0 spiro atoms. The zero-order chi connectivity index (χ0) is 8.15. The Morgan fingerprint density at radius 2 is 2.00 bits per heavy atom. The zero-order valence-electron chi connectivity index (χ0n) is 5.97. The maximum atomic E-state index is 11.9. The summed E-state index contributed by atoms with van der Waals surface area (Å²) in [6.07, 6.45) is -1.95. The first kappa shape index (κ1) is 9.49. The second-order valence-corrected chi connectivity index (χ2v) is 2.14. The van der Waals surface area contributed by atoms with E-state index in [2.05, 4.69) is 5.32 Å². The number of halogens is 2. The molecule has 60 valence electrons. The summed E-state index contributed by atoms with van der Waals surface area (Å²) in [5.41, 5.74) is 0. The number of alkyl halides is 2. The van der Waals surface area contributed by atoms with E-state index in [4.69, 9.17) is 0 Å². The number of carbonyl (C=O) groups excluding carboxylic acids is 1. The highest BCUT2D eigenvalue weighted by molar-refractivity contribution is 5.57. The van der Waals surface area contributed by atoms with E-state index in [1.54, 1.807) is 0 Å². The van der Waals surface area contributed by atoms with E-state index in [-0.39, 0.29) is 0 Å². The van der Waals surface area contributed by atoms with E-state index in [1.165, 1.54) is 14.0 Å². The average molecular weight is 151 g/mol. The molecule has 0 aromatic heterocycles. The van der Waals surface area contributed by atoms with Crippen LogP contribution in [0.5, 0.6) is 0 Å². The van der Waals surface area contributed by atoms with Gasteiger partial charge < -0.3 is 10.1 Å². The van der Waals surface area contributed by atoms with Crippen molar-refractivity contribution in [1.29, 1.82) is 0 Å². The van der Waals surface area contributed by atoms with Crippen molar-refractivity contribution in [2.45, 2.75) is 19.4 Å². The van der Waals surface area contributed by atoms with Crippen LogP contribution in [0.1, 0.15) is 6.92 Å². The first-order chi connectivity index (χ1) is 4.63. The van der Waals surface area contributed by atoms with Gasteiger partial charge in [-0.3, -0.25) is 0 Å². The summed E-state index contributed by atoms with van der Waals surface area (Å²) in [7, 11) is 1.48. The summed E-state index contributed by atoms with van der Waals surface area (Å²) in [6.45, 7) is 1.33. The monoisotopic (exact) mass is 151 g/mol. The third-order valence-corrected chi connectivity index (χ3v) is 1.44. The molecule has 0 bridgehead atoms. The van der Waals surface area contributed by atoms with Crippen molar-refractivity contribution < 1.29 is 13.6 Å². The van der Waals surface area contributed by atoms with Gasteiger partial charge >= 0.3 is 0 Å². The SMILES string of the molecule is CNC(C=O)C(C)C(F)F. The zero-order valence-corrected chi connectivity index (χ0v) is 5.97. The molecule has 2 nitrogen and oxygen atoms in total. The lowest BCUT2D eigenvalue weighted by atomic mass is 10.0. The second kappa shape index (κ2) is 4.33. The lowest BCUT2D eigenvalue weighted by Crippen LogP contribution is -2.36. The topological polar surface area (TPSA) is 29.1 Å². The molecule has 0 fully saturated rings. The number of aldehydes is 1. The Morgan fingerprint density at radius 3 is 2.10 bits per heavy atom. The summed E-state index contributed by atoms with van der Waals surface area (Å²) in [6, 6.07) is -0.736. The number of hydrogen-bond acceptors (Lipinski definition) is 2. The normalized spacial score (nSPS) is 16.9. The Hall–Kier alpha value is -0.510. The van der Waals surface area contributed by atoms with E-state index >= 15 is 0 Å². The summed E-state index contributed by atoms with van der Waals surface area (Å²) < 4.78 is 23.7. The Morgan fingerprint density at radius 1 is 1.50 bits per heavy atom. The highest BCUT2D eigenvalue weighted by Gasteiger charge is 2.23. The summed E-state index contributed by atoms with van der Waals surface area (Å²) in [5, 5.41) is 2.48. The minimum atomic E-state index is -2.44. The number of rotatable bonds is 4. The van der Waals surface area contributed by atoms with Gasteiger partial charge in [-0.25, -0.2) is 8.78 Å². The molecule has 2 unspecified atom stereocenters. The Labute approximate surface area is 58.6 Å². The predicted molar refractivity (Wildman–Crippen MR) is 34.1 cm³/mol. The van der Waals surface area contributed by atoms with E-state index in [9.17, 15) is 13.6 Å². The lowest BCUT2D eigenvalue weighted by Gasteiger charge is -2.16. The fraction of sp³-hybridized carbons (Fsp3) is 0.833. The van der Waals surface area contributed by atoms with E-state index < -0.39 is 18.4 Å². The molecule has 2 atom stereocenters. The van der Waals surface area contributed by atoms with E-state index in [0.717, 1.165) is 0 Å². The van der Waals surface area contributed by atoms with Crippen LogP contribution in [-0.2, 0) is 4.79 Å². The minimum Gasteiger partial charge on any atom is -0.310 e. The molecular weight excluding hydrogens is 140 g/mol. The molecule has 0 aliphatic rings. The van der Waals surface area contributed by atoms with Crippen molar-refractivity contribution in [3.05, 3.63) is 0 Å². The highest BCUT2D eigenvalue weighted by atomic mass is 19.3. The van der Waals surface area contributed by atoms with Gasteiger partial charge in [-0.15, -0.1) is 0 Å². The third kappa shape index (κ3) is 2.39. The smallest absolute Gasteiger partial charge is 0.243 e. The predicted octanol–water partition coefficient (Wildman–Crippen LogP) is 0.674. The van der Waals surface area contributed by atoms with Crippen LogP contribution in [0.2, 0.25) is 0 Å². The largest absolute Gasteiger partial charge is 0.310 e. The van der Waals surface area contributed by atoms with Crippen molar-refractivity contribution >= 4 is 6.29 Å². The molecule has 0 saturated carbocycles. The van der Waals surface area contributed by atoms with Gasteiger partial charge in [0, 0.05) is 5.92 Å². The van der Waals surface area contributed by atoms with Gasteiger partial charge in [-0.05, 0) is 7.05 Å². The minimum absolute atomic E-state index is 0.497. The van der Waals surface area contributed by atoms with Gasteiger partial charge in [-0.2, -0.15) is 0 Å². The summed E-state index contributed by atoms with van der Waals surface area (Å²) >= 11 is 0. The Bertz CT molecular complexity index is 108. The van der Waals surface area contributed by atoms with Gasteiger partial charge in [-0.1, -0.05) is 6.92 Å². The van der Waals surface area contributed by atoms with Gasteiger partial charge in [0.15, 0.2) is 0 Å². The Kier molecular flexibility index (Phi) is 4.11. The maximum Gasteiger partial charge on any atom is 0.243 e. The molecule has 0 saturated heterocycles. The first-order valence-corrected chi connectivity index (χ1v) is 3.04. The molecule has 1 N–H and O–H groups in total. The average Bonchev–Trinajstić information content (AvgIpc) is 1.90. The van der Waals surface area contributed by atoms with E-state index in [0.29, 0.717) is 6.29 Å². The molecular formula is C6H11F2NO. The quantitative estimate of drug-likeness (QED) is 0.598. The molecule has 0 aliphatic carbocycles.